The van der Waals surface area contributed by atoms with Crippen molar-refractivity contribution in [2.75, 3.05) is 17.2 Å². The molecule has 0 unspecified atom stereocenters. The SMILES string of the molecule is O=C(CNc1ccc([N+](=O)[O-])cc1Cl)Nc1ccccn1. The van der Waals surface area contributed by atoms with Crippen LogP contribution in [-0.4, -0.2) is 22.4 Å². The van der Waals surface area contributed by atoms with Crippen molar-refractivity contribution in [1.82, 2.24) is 4.98 Å². The standard InChI is InChI=1S/C13H11ClN4O3/c14-10-7-9(18(20)21)4-5-11(10)16-8-13(19)17-12-3-1-2-6-15-12/h1-7,16H,8H2,(H,15,17,19). The van der Waals surface area contributed by atoms with Crippen LogP contribution in [0.1, 0.15) is 0 Å². The fraction of sp³-hybridized carbons (Fsp3) is 0.0769. The highest BCUT2D eigenvalue weighted by Gasteiger charge is 2.10. The van der Waals surface area contributed by atoms with Gasteiger partial charge in [-0.15, -0.1) is 0 Å². The van der Waals surface area contributed by atoms with Gasteiger partial charge >= 0.3 is 0 Å². The van der Waals surface area contributed by atoms with Crippen molar-refractivity contribution in [1.29, 1.82) is 0 Å². The van der Waals surface area contributed by atoms with Crippen molar-refractivity contribution in [3.8, 4) is 0 Å². The van der Waals surface area contributed by atoms with Crippen LogP contribution < -0.4 is 10.6 Å². The lowest BCUT2D eigenvalue weighted by Gasteiger charge is -2.08. The molecule has 1 aromatic heterocycles. The Labute approximate surface area is 125 Å². The fourth-order valence-corrected chi connectivity index (χ4v) is 1.80. The van der Waals surface area contributed by atoms with Crippen LogP contribution in [0.15, 0.2) is 42.6 Å². The molecule has 0 bridgehead atoms. The molecule has 7 nitrogen and oxygen atoms in total. The molecule has 1 amide bonds. The lowest BCUT2D eigenvalue weighted by Crippen LogP contribution is -2.22. The summed E-state index contributed by atoms with van der Waals surface area (Å²) in [6.07, 6.45) is 1.57. The molecule has 0 atom stereocenters. The van der Waals surface area contributed by atoms with Crippen LogP contribution in [0.5, 0.6) is 0 Å². The topological polar surface area (TPSA) is 97.2 Å². The average Bonchev–Trinajstić information content (AvgIpc) is 2.47. The lowest BCUT2D eigenvalue weighted by molar-refractivity contribution is -0.384. The van der Waals surface area contributed by atoms with Gasteiger partial charge in [-0.3, -0.25) is 14.9 Å². The summed E-state index contributed by atoms with van der Waals surface area (Å²) >= 11 is 5.91. The third kappa shape index (κ3) is 4.15. The number of non-ortho nitro benzene ring substituents is 1. The van der Waals surface area contributed by atoms with Gasteiger partial charge in [0, 0.05) is 18.3 Å². The van der Waals surface area contributed by atoms with Crippen LogP contribution in [0.2, 0.25) is 5.02 Å². The highest BCUT2D eigenvalue weighted by molar-refractivity contribution is 6.33. The number of aromatic nitrogens is 1. The first-order chi connectivity index (χ1) is 10.1. The fourth-order valence-electron chi connectivity index (χ4n) is 1.56. The number of carbonyl (C=O) groups excluding carboxylic acids is 1. The zero-order chi connectivity index (χ0) is 15.2. The third-order valence-corrected chi connectivity index (χ3v) is 2.85. The molecule has 0 saturated heterocycles. The van der Waals surface area contributed by atoms with Gasteiger partial charge in [-0.2, -0.15) is 0 Å². The predicted octanol–water partition coefficient (Wildman–Crippen LogP) is 2.69. The van der Waals surface area contributed by atoms with Gasteiger partial charge in [0.25, 0.3) is 5.69 Å². The van der Waals surface area contributed by atoms with E-state index in [4.69, 9.17) is 11.6 Å². The maximum absolute atomic E-state index is 11.7. The molecule has 1 aromatic carbocycles. The highest BCUT2D eigenvalue weighted by atomic mass is 35.5. The minimum absolute atomic E-state index is 0.0336. The Morgan fingerprint density at radius 1 is 1.33 bits per heavy atom. The summed E-state index contributed by atoms with van der Waals surface area (Å²) in [5.41, 5.74) is 0.335. The zero-order valence-electron chi connectivity index (χ0n) is 10.7. The summed E-state index contributed by atoms with van der Waals surface area (Å²) in [4.78, 5) is 25.7. The normalized spacial score (nSPS) is 9.95. The van der Waals surface area contributed by atoms with E-state index in [0.717, 1.165) is 0 Å². The van der Waals surface area contributed by atoms with Crippen molar-refractivity contribution in [3.63, 3.8) is 0 Å². The summed E-state index contributed by atoms with van der Waals surface area (Å²) in [6.45, 7) is -0.0336. The number of nitrogens with one attached hydrogen (secondary N) is 2. The zero-order valence-corrected chi connectivity index (χ0v) is 11.5. The Kier molecular flexibility index (Phi) is 4.68. The number of hydrogen-bond donors (Lipinski definition) is 2. The number of anilines is 2. The smallest absolute Gasteiger partial charge is 0.271 e. The molecule has 2 aromatic rings. The molecule has 0 radical (unpaired) electrons. The number of benzene rings is 1. The molecule has 21 heavy (non-hydrogen) atoms. The van der Waals surface area contributed by atoms with E-state index >= 15 is 0 Å². The second kappa shape index (κ2) is 6.67. The molecule has 8 heteroatoms. The second-order valence-electron chi connectivity index (χ2n) is 4.04. The summed E-state index contributed by atoms with van der Waals surface area (Å²) in [6, 6.07) is 9.14. The highest BCUT2D eigenvalue weighted by Crippen LogP contribution is 2.26. The monoisotopic (exact) mass is 306 g/mol. The first kappa shape index (κ1) is 14.7. The minimum atomic E-state index is -0.538. The number of carbonyl (C=O) groups is 1. The molecule has 108 valence electrons. The summed E-state index contributed by atoms with van der Waals surface area (Å²) in [7, 11) is 0. The van der Waals surface area contributed by atoms with Crippen LogP contribution in [0.4, 0.5) is 17.2 Å². The number of amides is 1. The molecule has 0 spiro atoms. The van der Waals surface area contributed by atoms with Gasteiger partial charge in [0.15, 0.2) is 0 Å². The molecule has 0 aliphatic heterocycles. The van der Waals surface area contributed by atoms with Crippen LogP contribution in [-0.2, 0) is 4.79 Å². The van der Waals surface area contributed by atoms with Crippen molar-refractivity contribution >= 4 is 34.7 Å². The van der Waals surface area contributed by atoms with E-state index in [2.05, 4.69) is 15.6 Å². The molecular weight excluding hydrogens is 296 g/mol. The molecule has 1 heterocycles. The van der Waals surface area contributed by atoms with E-state index in [1.54, 1.807) is 24.4 Å². The second-order valence-corrected chi connectivity index (χ2v) is 4.45. The largest absolute Gasteiger partial charge is 0.375 e. The maximum Gasteiger partial charge on any atom is 0.271 e. The van der Waals surface area contributed by atoms with Gasteiger partial charge in [0.05, 0.1) is 22.2 Å². The molecule has 0 fully saturated rings. The van der Waals surface area contributed by atoms with Crippen molar-refractivity contribution in [2.45, 2.75) is 0 Å². The Morgan fingerprint density at radius 3 is 2.76 bits per heavy atom. The van der Waals surface area contributed by atoms with Gasteiger partial charge in [0.2, 0.25) is 5.91 Å². The third-order valence-electron chi connectivity index (χ3n) is 2.54. The van der Waals surface area contributed by atoms with Crippen molar-refractivity contribution in [2.24, 2.45) is 0 Å². The average molecular weight is 307 g/mol. The maximum atomic E-state index is 11.7. The van der Waals surface area contributed by atoms with Crippen molar-refractivity contribution < 1.29 is 9.72 Å². The first-order valence-electron chi connectivity index (χ1n) is 5.95. The van der Waals surface area contributed by atoms with Crippen molar-refractivity contribution in [3.05, 3.63) is 57.7 Å². The Bertz CT molecular complexity index is 664. The van der Waals surface area contributed by atoms with E-state index in [0.29, 0.717) is 11.5 Å². The molecule has 2 rings (SSSR count). The van der Waals surface area contributed by atoms with Gasteiger partial charge in [-0.1, -0.05) is 17.7 Å². The van der Waals surface area contributed by atoms with Gasteiger partial charge < -0.3 is 10.6 Å². The predicted molar refractivity (Wildman–Crippen MR) is 79.5 cm³/mol. The van der Waals surface area contributed by atoms with Gasteiger partial charge in [-0.05, 0) is 18.2 Å². The van der Waals surface area contributed by atoms with E-state index in [9.17, 15) is 14.9 Å². The quantitative estimate of drug-likeness (QED) is 0.654. The number of nitrogens with zero attached hydrogens (tertiary/aromatic N) is 2. The molecule has 0 saturated carbocycles. The molecule has 0 aliphatic rings. The molecular formula is C13H11ClN4O3. The van der Waals surface area contributed by atoms with Gasteiger partial charge in [-0.25, -0.2) is 4.98 Å². The summed E-state index contributed by atoms with van der Waals surface area (Å²) < 4.78 is 0. The van der Waals surface area contributed by atoms with Crippen LogP contribution in [0.3, 0.4) is 0 Å². The summed E-state index contributed by atoms with van der Waals surface area (Å²) in [5.74, 6) is 0.141. The Balaban J connectivity index is 1.94. The number of rotatable bonds is 5. The Hall–Kier alpha value is -2.67. The molecule has 0 aliphatic carbocycles. The van der Waals surface area contributed by atoms with Crippen LogP contribution in [0, 0.1) is 10.1 Å². The van der Waals surface area contributed by atoms with E-state index < -0.39 is 4.92 Å². The lowest BCUT2D eigenvalue weighted by atomic mass is 10.3. The van der Waals surface area contributed by atoms with Crippen LogP contribution in [0.25, 0.3) is 0 Å². The van der Waals surface area contributed by atoms with Gasteiger partial charge in [0.1, 0.15) is 5.82 Å². The minimum Gasteiger partial charge on any atom is -0.375 e. The van der Waals surface area contributed by atoms with Crippen LogP contribution >= 0.6 is 11.6 Å². The Morgan fingerprint density at radius 2 is 2.14 bits per heavy atom. The van der Waals surface area contributed by atoms with E-state index in [1.807, 2.05) is 0 Å². The number of nitro benzene ring substituents is 1. The first-order valence-corrected chi connectivity index (χ1v) is 6.33. The molecule has 2 N–H and O–H groups in total. The van der Waals surface area contributed by atoms with E-state index in [-0.39, 0.29) is 23.2 Å². The summed E-state index contributed by atoms with van der Waals surface area (Å²) in [5, 5.41) is 16.2. The number of hydrogen-bond acceptors (Lipinski definition) is 5. The number of halogens is 1. The number of pyridine rings is 1. The number of nitro groups is 1. The van der Waals surface area contributed by atoms with E-state index in [1.165, 1.54) is 18.2 Å².